The van der Waals surface area contributed by atoms with E-state index in [2.05, 4.69) is 52.5 Å². The van der Waals surface area contributed by atoms with Crippen LogP contribution in [0, 0.1) is 11.8 Å². The van der Waals surface area contributed by atoms with Crippen molar-refractivity contribution in [3.63, 3.8) is 0 Å². The molecular formula is C16H25BrN2. The molecule has 1 aliphatic rings. The van der Waals surface area contributed by atoms with Gasteiger partial charge in [0.25, 0.3) is 0 Å². The highest BCUT2D eigenvalue weighted by molar-refractivity contribution is 9.10. The number of nitrogens with two attached hydrogens (primary N) is 1. The summed E-state index contributed by atoms with van der Waals surface area (Å²) in [5, 5.41) is 0. The predicted molar refractivity (Wildman–Crippen MR) is 84.7 cm³/mol. The van der Waals surface area contributed by atoms with Crippen LogP contribution in [-0.4, -0.2) is 6.04 Å². The molecule has 0 heterocycles. The first-order valence-corrected chi connectivity index (χ1v) is 8.24. The highest BCUT2D eigenvalue weighted by Gasteiger charge is 2.30. The molecule has 2 nitrogen and oxygen atoms in total. The smallest absolute Gasteiger partial charge is 0.0281 e. The largest absolute Gasteiger partial charge is 0.271 e. The lowest BCUT2D eigenvalue weighted by Crippen LogP contribution is -2.46. The molecule has 1 saturated carbocycles. The van der Waals surface area contributed by atoms with Gasteiger partial charge in [0.2, 0.25) is 0 Å². The molecule has 0 bridgehead atoms. The van der Waals surface area contributed by atoms with Gasteiger partial charge < -0.3 is 0 Å². The molecule has 1 aromatic rings. The minimum atomic E-state index is 0.402. The predicted octanol–water partition coefficient (Wildman–Crippen LogP) is 4.04. The maximum atomic E-state index is 5.84. The third-order valence-corrected chi connectivity index (χ3v) is 5.06. The van der Waals surface area contributed by atoms with E-state index in [-0.39, 0.29) is 0 Å². The van der Waals surface area contributed by atoms with Gasteiger partial charge in [0, 0.05) is 10.5 Å². The van der Waals surface area contributed by atoms with Gasteiger partial charge >= 0.3 is 0 Å². The minimum Gasteiger partial charge on any atom is -0.271 e. The zero-order chi connectivity index (χ0) is 13.7. The number of hydrazine groups is 1. The van der Waals surface area contributed by atoms with E-state index < -0.39 is 0 Å². The topological polar surface area (TPSA) is 38.0 Å². The van der Waals surface area contributed by atoms with Gasteiger partial charge in [0.1, 0.15) is 0 Å². The first-order valence-electron chi connectivity index (χ1n) is 7.45. The monoisotopic (exact) mass is 324 g/mol. The second kappa shape index (κ2) is 7.41. The normalized spacial score (nSPS) is 25.2. The summed E-state index contributed by atoms with van der Waals surface area (Å²) in [4.78, 5) is 0. The van der Waals surface area contributed by atoms with Gasteiger partial charge in [0.15, 0.2) is 0 Å². The summed E-state index contributed by atoms with van der Waals surface area (Å²) in [6.45, 7) is 2.32. The van der Waals surface area contributed by atoms with Gasteiger partial charge in [-0.05, 0) is 42.4 Å². The molecule has 0 radical (unpaired) electrons. The van der Waals surface area contributed by atoms with Crippen LogP contribution >= 0.6 is 15.9 Å². The molecule has 3 N–H and O–H groups in total. The summed E-state index contributed by atoms with van der Waals surface area (Å²) < 4.78 is 1.15. The Bertz CT molecular complexity index is 394. The number of benzene rings is 1. The highest BCUT2D eigenvalue weighted by Crippen LogP contribution is 2.35. The SMILES string of the molecule is CCC1CCCCC1C(Cc1cccc(Br)c1)NN. The first kappa shape index (κ1) is 15.0. The van der Waals surface area contributed by atoms with E-state index in [0.717, 1.165) is 22.7 Å². The van der Waals surface area contributed by atoms with Crippen molar-refractivity contribution >= 4 is 15.9 Å². The van der Waals surface area contributed by atoms with Crippen LogP contribution in [0.2, 0.25) is 0 Å². The second-order valence-corrected chi connectivity index (χ2v) is 6.64. The molecule has 2 rings (SSSR count). The van der Waals surface area contributed by atoms with Gasteiger partial charge in [0.05, 0.1) is 0 Å². The van der Waals surface area contributed by atoms with Crippen LogP contribution in [0.4, 0.5) is 0 Å². The fraction of sp³-hybridized carbons (Fsp3) is 0.625. The number of hydrogen-bond acceptors (Lipinski definition) is 2. The summed E-state index contributed by atoms with van der Waals surface area (Å²) in [7, 11) is 0. The van der Waals surface area contributed by atoms with Gasteiger partial charge in [-0.1, -0.05) is 60.7 Å². The lowest BCUT2D eigenvalue weighted by Gasteiger charge is -2.36. The lowest BCUT2D eigenvalue weighted by atomic mass is 9.73. The maximum absolute atomic E-state index is 5.84. The molecule has 1 aliphatic carbocycles. The molecule has 3 atom stereocenters. The molecule has 0 aromatic heterocycles. The van der Waals surface area contributed by atoms with Crippen molar-refractivity contribution in [3.05, 3.63) is 34.3 Å². The third kappa shape index (κ3) is 4.04. The Kier molecular flexibility index (Phi) is 5.86. The molecule has 1 aromatic carbocycles. The summed E-state index contributed by atoms with van der Waals surface area (Å²) >= 11 is 3.54. The molecule has 3 heteroatoms. The Morgan fingerprint density at radius 2 is 2.16 bits per heavy atom. The molecule has 0 amide bonds. The van der Waals surface area contributed by atoms with Crippen LogP contribution in [0.15, 0.2) is 28.7 Å². The summed E-state index contributed by atoms with van der Waals surface area (Å²) in [5.74, 6) is 7.40. The molecule has 1 fully saturated rings. The lowest BCUT2D eigenvalue weighted by molar-refractivity contribution is 0.174. The summed E-state index contributed by atoms with van der Waals surface area (Å²) in [6, 6.07) is 8.97. The second-order valence-electron chi connectivity index (χ2n) is 5.72. The quantitative estimate of drug-likeness (QED) is 0.633. The zero-order valence-electron chi connectivity index (χ0n) is 11.7. The van der Waals surface area contributed by atoms with Crippen molar-refractivity contribution in [1.82, 2.24) is 5.43 Å². The van der Waals surface area contributed by atoms with Crippen molar-refractivity contribution in [3.8, 4) is 0 Å². The van der Waals surface area contributed by atoms with Crippen molar-refractivity contribution in [2.24, 2.45) is 17.7 Å². The van der Waals surface area contributed by atoms with Crippen molar-refractivity contribution in [2.45, 2.75) is 51.5 Å². The Labute approximate surface area is 125 Å². The number of halogens is 1. The van der Waals surface area contributed by atoms with Crippen LogP contribution in [0.25, 0.3) is 0 Å². The van der Waals surface area contributed by atoms with Crippen LogP contribution in [0.5, 0.6) is 0 Å². The maximum Gasteiger partial charge on any atom is 0.0281 e. The Morgan fingerprint density at radius 1 is 1.37 bits per heavy atom. The molecule has 0 saturated heterocycles. The fourth-order valence-corrected chi connectivity index (χ4v) is 3.97. The van der Waals surface area contributed by atoms with E-state index in [1.165, 1.54) is 37.7 Å². The average Bonchev–Trinajstić information content (AvgIpc) is 2.45. The standard InChI is InChI=1S/C16H25BrN2/c1-2-13-7-3-4-9-15(13)16(19-18)11-12-6-5-8-14(17)10-12/h5-6,8,10,13,15-16,19H,2-4,7,9,11,18H2,1H3. The number of hydrogen-bond donors (Lipinski definition) is 2. The van der Waals surface area contributed by atoms with Crippen LogP contribution in [-0.2, 0) is 6.42 Å². The Morgan fingerprint density at radius 3 is 2.84 bits per heavy atom. The van der Waals surface area contributed by atoms with Crippen LogP contribution < -0.4 is 11.3 Å². The molecule has 19 heavy (non-hydrogen) atoms. The van der Waals surface area contributed by atoms with Gasteiger partial charge in [-0.25, -0.2) is 0 Å². The van der Waals surface area contributed by atoms with E-state index in [1.807, 2.05) is 0 Å². The fourth-order valence-electron chi connectivity index (χ4n) is 3.52. The molecule has 106 valence electrons. The molecular weight excluding hydrogens is 300 g/mol. The molecule has 0 spiro atoms. The van der Waals surface area contributed by atoms with Crippen molar-refractivity contribution in [1.29, 1.82) is 0 Å². The van der Waals surface area contributed by atoms with E-state index >= 15 is 0 Å². The molecule has 3 unspecified atom stereocenters. The van der Waals surface area contributed by atoms with Crippen molar-refractivity contribution < 1.29 is 0 Å². The van der Waals surface area contributed by atoms with Crippen LogP contribution in [0.3, 0.4) is 0 Å². The van der Waals surface area contributed by atoms with Gasteiger partial charge in [-0.15, -0.1) is 0 Å². The zero-order valence-corrected chi connectivity index (χ0v) is 13.3. The summed E-state index contributed by atoms with van der Waals surface area (Å²) in [6.07, 6.45) is 7.75. The number of rotatable bonds is 5. The van der Waals surface area contributed by atoms with E-state index in [0.29, 0.717) is 6.04 Å². The van der Waals surface area contributed by atoms with Gasteiger partial charge in [-0.2, -0.15) is 0 Å². The van der Waals surface area contributed by atoms with E-state index in [9.17, 15) is 0 Å². The first-order chi connectivity index (χ1) is 9.24. The third-order valence-electron chi connectivity index (χ3n) is 4.57. The average molecular weight is 325 g/mol. The van der Waals surface area contributed by atoms with E-state index in [1.54, 1.807) is 0 Å². The minimum absolute atomic E-state index is 0.402. The van der Waals surface area contributed by atoms with Crippen LogP contribution in [0.1, 0.15) is 44.6 Å². The summed E-state index contributed by atoms with van der Waals surface area (Å²) in [5.41, 5.74) is 4.45. The highest BCUT2D eigenvalue weighted by atomic mass is 79.9. The molecule has 0 aliphatic heterocycles. The van der Waals surface area contributed by atoms with Gasteiger partial charge in [-0.3, -0.25) is 11.3 Å². The van der Waals surface area contributed by atoms with Crippen molar-refractivity contribution in [2.75, 3.05) is 0 Å². The van der Waals surface area contributed by atoms with E-state index in [4.69, 9.17) is 5.84 Å². The Hall–Kier alpha value is -0.380. The Balaban J connectivity index is 2.06. The number of nitrogens with one attached hydrogen (secondary N) is 1.